The zero-order valence-corrected chi connectivity index (χ0v) is 13.6. The maximum absolute atomic E-state index is 14.2. The summed E-state index contributed by atoms with van der Waals surface area (Å²) < 4.78 is 20.7. The minimum absolute atomic E-state index is 0.108. The molecule has 0 aromatic heterocycles. The molecule has 0 spiro atoms. The van der Waals surface area contributed by atoms with E-state index < -0.39 is 0 Å². The lowest BCUT2D eigenvalue weighted by Gasteiger charge is -2.43. The summed E-state index contributed by atoms with van der Waals surface area (Å²) in [4.78, 5) is 2.29. The quantitative estimate of drug-likeness (QED) is 0.912. The second-order valence-corrected chi connectivity index (χ2v) is 6.24. The molecule has 3 unspecified atom stereocenters. The fourth-order valence-corrected chi connectivity index (χ4v) is 3.19. The predicted octanol–water partition coefficient (Wildman–Crippen LogP) is 3.09. The number of nitrogens with two attached hydrogens (primary N) is 1. The molecule has 1 aliphatic rings. The van der Waals surface area contributed by atoms with Crippen molar-refractivity contribution in [2.24, 2.45) is 5.73 Å². The van der Waals surface area contributed by atoms with E-state index in [2.05, 4.69) is 27.8 Å². The Kier molecular flexibility index (Phi) is 5.55. The van der Waals surface area contributed by atoms with Crippen LogP contribution >= 0.6 is 15.9 Å². The highest BCUT2D eigenvalue weighted by Crippen LogP contribution is 2.30. The van der Waals surface area contributed by atoms with Crippen LogP contribution in [0.3, 0.4) is 0 Å². The Bertz CT molecular complexity index is 457. The van der Waals surface area contributed by atoms with E-state index in [0.29, 0.717) is 18.7 Å². The van der Waals surface area contributed by atoms with E-state index in [1.54, 1.807) is 6.07 Å². The van der Waals surface area contributed by atoms with E-state index in [-0.39, 0.29) is 24.0 Å². The van der Waals surface area contributed by atoms with Gasteiger partial charge >= 0.3 is 0 Å². The molecule has 2 N–H and O–H groups in total. The average Bonchev–Trinajstić information content (AvgIpc) is 2.44. The minimum atomic E-state index is -0.197. The highest BCUT2D eigenvalue weighted by atomic mass is 79.9. The maximum Gasteiger partial charge on any atom is 0.128 e. The first kappa shape index (κ1) is 15.9. The van der Waals surface area contributed by atoms with Crippen LogP contribution in [0.25, 0.3) is 0 Å². The predicted molar refractivity (Wildman–Crippen MR) is 82.1 cm³/mol. The molecule has 20 heavy (non-hydrogen) atoms. The van der Waals surface area contributed by atoms with Gasteiger partial charge in [-0.3, -0.25) is 4.90 Å². The maximum atomic E-state index is 14.2. The molecule has 0 saturated carbocycles. The van der Waals surface area contributed by atoms with Gasteiger partial charge in [-0.1, -0.05) is 22.9 Å². The Balaban J connectivity index is 2.31. The van der Waals surface area contributed by atoms with Gasteiger partial charge < -0.3 is 10.5 Å². The molecule has 1 heterocycles. The summed E-state index contributed by atoms with van der Waals surface area (Å²) in [6.07, 6.45) is 1.13. The molecule has 0 aliphatic carbocycles. The van der Waals surface area contributed by atoms with Gasteiger partial charge in [-0.25, -0.2) is 4.39 Å². The summed E-state index contributed by atoms with van der Waals surface area (Å²) in [6.45, 7) is 6.04. The lowest BCUT2D eigenvalue weighted by Crippen LogP contribution is -2.51. The highest BCUT2D eigenvalue weighted by molar-refractivity contribution is 9.10. The smallest absolute Gasteiger partial charge is 0.128 e. The molecule has 0 radical (unpaired) electrons. The molecule has 112 valence electrons. The summed E-state index contributed by atoms with van der Waals surface area (Å²) >= 11 is 3.41. The number of rotatable bonds is 4. The summed E-state index contributed by atoms with van der Waals surface area (Å²) in [5.74, 6) is -0.197. The molecule has 1 aromatic carbocycles. The molecule has 5 heteroatoms. The molecule has 1 aromatic rings. The Labute approximate surface area is 128 Å². The van der Waals surface area contributed by atoms with Crippen molar-refractivity contribution >= 4 is 15.9 Å². The third kappa shape index (κ3) is 3.39. The number of benzene rings is 1. The van der Waals surface area contributed by atoms with E-state index in [1.165, 1.54) is 6.07 Å². The molecular formula is C15H22BrFN2O. The van der Waals surface area contributed by atoms with Crippen LogP contribution < -0.4 is 5.73 Å². The van der Waals surface area contributed by atoms with Crippen molar-refractivity contribution in [2.75, 3.05) is 19.7 Å². The van der Waals surface area contributed by atoms with Crippen LogP contribution in [0.4, 0.5) is 4.39 Å². The normalized spacial score (nSPS) is 25.6. The van der Waals surface area contributed by atoms with Crippen LogP contribution in [0.5, 0.6) is 0 Å². The molecule has 1 aliphatic heterocycles. The van der Waals surface area contributed by atoms with Crippen LogP contribution in [0.15, 0.2) is 22.7 Å². The van der Waals surface area contributed by atoms with Gasteiger partial charge in [0.1, 0.15) is 5.82 Å². The van der Waals surface area contributed by atoms with Crippen molar-refractivity contribution < 1.29 is 9.13 Å². The fraction of sp³-hybridized carbons (Fsp3) is 0.600. The zero-order chi connectivity index (χ0) is 14.7. The van der Waals surface area contributed by atoms with Crippen LogP contribution in [0, 0.1) is 5.82 Å². The molecule has 1 saturated heterocycles. The Hall–Kier alpha value is -0.490. The summed E-state index contributed by atoms with van der Waals surface area (Å²) in [7, 11) is 0. The fourth-order valence-electron chi connectivity index (χ4n) is 2.81. The third-order valence-electron chi connectivity index (χ3n) is 3.92. The number of hydrogen-bond acceptors (Lipinski definition) is 3. The van der Waals surface area contributed by atoms with Crippen molar-refractivity contribution in [2.45, 2.75) is 38.5 Å². The van der Waals surface area contributed by atoms with Crippen molar-refractivity contribution in [3.8, 4) is 0 Å². The second-order valence-electron chi connectivity index (χ2n) is 5.32. The molecule has 0 amide bonds. The van der Waals surface area contributed by atoms with Gasteiger partial charge in [0.15, 0.2) is 0 Å². The first-order valence-corrected chi connectivity index (χ1v) is 7.88. The lowest BCUT2D eigenvalue weighted by atomic mass is 10.00. The SMILES string of the molecule is CCC1COC(C)CN1C(CN)c1cc(Br)ccc1F. The summed E-state index contributed by atoms with van der Waals surface area (Å²) in [6, 6.07) is 5.22. The van der Waals surface area contributed by atoms with Gasteiger partial charge in [0.2, 0.25) is 0 Å². The minimum Gasteiger partial charge on any atom is -0.376 e. The number of morpholine rings is 1. The Morgan fingerprint density at radius 2 is 2.30 bits per heavy atom. The van der Waals surface area contributed by atoms with E-state index in [4.69, 9.17) is 10.5 Å². The van der Waals surface area contributed by atoms with Crippen molar-refractivity contribution in [1.82, 2.24) is 4.90 Å². The van der Waals surface area contributed by atoms with Crippen molar-refractivity contribution in [3.63, 3.8) is 0 Å². The van der Waals surface area contributed by atoms with Gasteiger partial charge in [-0.2, -0.15) is 0 Å². The van der Waals surface area contributed by atoms with Crippen molar-refractivity contribution in [1.29, 1.82) is 0 Å². The molecule has 0 bridgehead atoms. The summed E-state index contributed by atoms with van der Waals surface area (Å²) in [5, 5.41) is 0. The van der Waals surface area contributed by atoms with Crippen LogP contribution in [0.1, 0.15) is 31.9 Å². The third-order valence-corrected chi connectivity index (χ3v) is 4.42. The molecule has 1 fully saturated rings. The first-order chi connectivity index (χ1) is 9.56. The van der Waals surface area contributed by atoms with E-state index in [9.17, 15) is 4.39 Å². The van der Waals surface area contributed by atoms with Gasteiger partial charge in [-0.05, 0) is 31.5 Å². The molecule has 2 rings (SSSR count). The van der Waals surface area contributed by atoms with Gasteiger partial charge in [0.25, 0.3) is 0 Å². The standard InChI is InChI=1S/C15H22BrFN2O/c1-3-12-9-20-10(2)8-19(12)15(7-18)13-6-11(16)4-5-14(13)17/h4-6,10,12,15H,3,7-9,18H2,1-2H3. The van der Waals surface area contributed by atoms with Crippen molar-refractivity contribution in [3.05, 3.63) is 34.1 Å². The van der Waals surface area contributed by atoms with Crippen LogP contribution in [-0.2, 0) is 4.74 Å². The lowest BCUT2D eigenvalue weighted by molar-refractivity contribution is -0.0723. The Morgan fingerprint density at radius 1 is 1.55 bits per heavy atom. The highest BCUT2D eigenvalue weighted by Gasteiger charge is 2.32. The van der Waals surface area contributed by atoms with E-state index in [0.717, 1.165) is 17.4 Å². The van der Waals surface area contributed by atoms with E-state index in [1.807, 2.05) is 13.0 Å². The zero-order valence-electron chi connectivity index (χ0n) is 12.0. The van der Waals surface area contributed by atoms with Crippen LogP contribution in [0.2, 0.25) is 0 Å². The van der Waals surface area contributed by atoms with E-state index >= 15 is 0 Å². The molecule has 3 atom stereocenters. The number of ether oxygens (including phenoxy) is 1. The summed E-state index contributed by atoms with van der Waals surface area (Å²) in [5.41, 5.74) is 6.61. The monoisotopic (exact) mass is 344 g/mol. The number of nitrogens with zero attached hydrogens (tertiary/aromatic N) is 1. The topological polar surface area (TPSA) is 38.5 Å². The molecule has 3 nitrogen and oxygen atoms in total. The van der Waals surface area contributed by atoms with Crippen LogP contribution in [-0.4, -0.2) is 36.7 Å². The second kappa shape index (κ2) is 6.98. The Morgan fingerprint density at radius 3 is 2.95 bits per heavy atom. The number of halogens is 2. The average molecular weight is 345 g/mol. The molecular weight excluding hydrogens is 323 g/mol. The largest absolute Gasteiger partial charge is 0.376 e. The first-order valence-electron chi connectivity index (χ1n) is 7.09. The van der Waals surface area contributed by atoms with Gasteiger partial charge in [0.05, 0.1) is 18.8 Å². The van der Waals surface area contributed by atoms with Gasteiger partial charge in [0, 0.05) is 29.2 Å². The van der Waals surface area contributed by atoms with Gasteiger partial charge in [-0.15, -0.1) is 0 Å². The number of hydrogen-bond donors (Lipinski definition) is 1.